The molecule has 5 heteroatoms. The van der Waals surface area contributed by atoms with Crippen LogP contribution in [-0.4, -0.2) is 18.2 Å². The zero-order valence-electron chi connectivity index (χ0n) is 17.0. The third-order valence-corrected chi connectivity index (χ3v) is 5.17. The van der Waals surface area contributed by atoms with Gasteiger partial charge < -0.3 is 13.9 Å². The summed E-state index contributed by atoms with van der Waals surface area (Å²) in [5.41, 5.74) is 2.78. The molecule has 2 aromatic rings. The average Bonchev–Trinajstić information content (AvgIpc) is 2.56. The lowest BCUT2D eigenvalue weighted by molar-refractivity contribution is 0.0489. The molecule has 0 radical (unpaired) electrons. The van der Waals surface area contributed by atoms with Gasteiger partial charge in [0, 0.05) is 17.2 Å². The Morgan fingerprint density at radius 3 is 2.67 bits per heavy atom. The van der Waals surface area contributed by atoms with Gasteiger partial charge in [0.1, 0.15) is 16.9 Å². The summed E-state index contributed by atoms with van der Waals surface area (Å²) in [6.07, 6.45) is 2.46. The number of carbonyl (C=O) groups is 1. The molecule has 1 aliphatic rings. The second-order valence-corrected chi connectivity index (χ2v) is 7.96. The Morgan fingerprint density at radius 2 is 2.04 bits per heavy atom. The zero-order valence-corrected chi connectivity index (χ0v) is 17.0. The predicted octanol–water partition coefficient (Wildman–Crippen LogP) is 4.90. The highest BCUT2D eigenvalue weighted by atomic mass is 16.5. The van der Waals surface area contributed by atoms with Gasteiger partial charge in [0.05, 0.1) is 12.0 Å². The molecular formula is C22H28O5. The molecule has 0 saturated heterocycles. The first-order chi connectivity index (χ1) is 12.7. The monoisotopic (exact) mass is 372 g/mol. The smallest absolute Gasteiger partial charge is 0.374 e. The van der Waals surface area contributed by atoms with Gasteiger partial charge in [-0.15, -0.1) is 0 Å². The van der Waals surface area contributed by atoms with Crippen LogP contribution in [0.5, 0.6) is 5.75 Å². The Kier molecular flexibility index (Phi) is 5.06. The minimum atomic E-state index is -0.621. The highest BCUT2D eigenvalue weighted by Gasteiger charge is 2.36. The van der Waals surface area contributed by atoms with Gasteiger partial charge in [-0.05, 0) is 52.0 Å². The predicted molar refractivity (Wildman–Crippen MR) is 105 cm³/mol. The van der Waals surface area contributed by atoms with E-state index in [2.05, 4.69) is 27.7 Å². The van der Waals surface area contributed by atoms with Gasteiger partial charge in [0.25, 0.3) is 0 Å². The second kappa shape index (κ2) is 7.02. The van der Waals surface area contributed by atoms with Crippen molar-refractivity contribution in [1.82, 2.24) is 0 Å². The maximum absolute atomic E-state index is 12.9. The van der Waals surface area contributed by atoms with E-state index in [4.69, 9.17) is 13.9 Å². The van der Waals surface area contributed by atoms with Gasteiger partial charge >= 0.3 is 5.97 Å². The Bertz CT molecular complexity index is 952. The normalized spacial score (nSPS) is 18.1. The van der Waals surface area contributed by atoms with Gasteiger partial charge in [-0.1, -0.05) is 20.3 Å². The molecule has 0 N–H and O–H groups in total. The van der Waals surface area contributed by atoms with E-state index in [1.165, 1.54) is 6.07 Å². The van der Waals surface area contributed by atoms with E-state index in [-0.39, 0.29) is 29.3 Å². The van der Waals surface area contributed by atoms with Crippen molar-refractivity contribution in [3.8, 4) is 5.75 Å². The molecule has 0 spiro atoms. The molecule has 5 nitrogen and oxygen atoms in total. The van der Waals surface area contributed by atoms with E-state index in [0.717, 1.165) is 35.3 Å². The first-order valence-corrected chi connectivity index (χ1v) is 9.69. The summed E-state index contributed by atoms with van der Waals surface area (Å²) >= 11 is 0. The molecule has 2 heterocycles. The molecule has 0 fully saturated rings. The quantitative estimate of drug-likeness (QED) is 0.715. The number of benzene rings is 1. The fraction of sp³-hybridized carbons (Fsp3) is 0.545. The van der Waals surface area contributed by atoms with Crippen LogP contribution in [0.4, 0.5) is 0 Å². The third kappa shape index (κ3) is 3.35. The van der Waals surface area contributed by atoms with Crippen LogP contribution in [0.3, 0.4) is 0 Å². The van der Waals surface area contributed by atoms with Gasteiger partial charge in [-0.2, -0.15) is 0 Å². The Morgan fingerprint density at radius 1 is 1.33 bits per heavy atom. The summed E-state index contributed by atoms with van der Waals surface area (Å²) in [6, 6.07) is 1.24. The summed E-state index contributed by atoms with van der Waals surface area (Å²) in [6.45, 7) is 12.3. The molecule has 0 saturated carbocycles. The van der Waals surface area contributed by atoms with E-state index < -0.39 is 5.97 Å². The second-order valence-electron chi connectivity index (χ2n) is 7.96. The highest BCUT2D eigenvalue weighted by molar-refractivity contribution is 5.92. The number of hydrogen-bond donors (Lipinski definition) is 0. The lowest BCUT2D eigenvalue weighted by Crippen LogP contribution is -2.35. The molecule has 0 bridgehead atoms. The third-order valence-electron chi connectivity index (χ3n) is 5.17. The van der Waals surface area contributed by atoms with Crippen molar-refractivity contribution < 1.29 is 18.7 Å². The Labute approximate surface area is 159 Å². The number of ether oxygens (including phenoxy) is 2. The standard InChI is InChI=1S/C22H28O5/c1-7-9-14-19-18(15(23)10-16(26-19)21(24)25-8-2)13(4)17-12(3)11-22(5,6)27-20(14)17/h10,12H,7-9,11H2,1-6H3. The summed E-state index contributed by atoms with van der Waals surface area (Å²) in [7, 11) is 0. The Hall–Kier alpha value is -2.30. The van der Waals surface area contributed by atoms with E-state index in [9.17, 15) is 9.59 Å². The first-order valence-electron chi connectivity index (χ1n) is 9.69. The maximum atomic E-state index is 12.9. The molecule has 3 rings (SSSR count). The largest absolute Gasteiger partial charge is 0.487 e. The van der Waals surface area contributed by atoms with Crippen LogP contribution in [0, 0.1) is 6.92 Å². The number of carbonyl (C=O) groups excluding carboxylic acids is 1. The van der Waals surface area contributed by atoms with Crippen LogP contribution in [0.2, 0.25) is 0 Å². The summed E-state index contributed by atoms with van der Waals surface area (Å²) in [4.78, 5) is 25.0. The van der Waals surface area contributed by atoms with Gasteiger partial charge in [-0.3, -0.25) is 4.79 Å². The number of hydrogen-bond acceptors (Lipinski definition) is 5. The number of aryl methyl sites for hydroxylation is 2. The van der Waals surface area contributed by atoms with E-state index >= 15 is 0 Å². The van der Waals surface area contributed by atoms with Crippen molar-refractivity contribution in [3.63, 3.8) is 0 Å². The Balaban J connectivity index is 2.39. The van der Waals surface area contributed by atoms with E-state index in [0.29, 0.717) is 17.4 Å². The maximum Gasteiger partial charge on any atom is 0.374 e. The zero-order chi connectivity index (χ0) is 19.9. The molecule has 1 aliphatic heterocycles. The first kappa shape index (κ1) is 19.5. The van der Waals surface area contributed by atoms with Gasteiger partial charge in [0.15, 0.2) is 5.43 Å². The highest BCUT2D eigenvalue weighted by Crippen LogP contribution is 2.47. The van der Waals surface area contributed by atoms with Crippen molar-refractivity contribution in [1.29, 1.82) is 0 Å². The lowest BCUT2D eigenvalue weighted by atomic mass is 9.80. The van der Waals surface area contributed by atoms with Gasteiger partial charge in [-0.25, -0.2) is 4.79 Å². The molecule has 0 aliphatic carbocycles. The van der Waals surface area contributed by atoms with Crippen molar-refractivity contribution in [2.75, 3.05) is 6.61 Å². The number of fused-ring (bicyclic) bond motifs is 2. The SMILES string of the molecule is CCCc1c2c(c(C)c3c(=O)cc(C(=O)OCC)oc13)C(C)CC(C)(C)O2. The summed E-state index contributed by atoms with van der Waals surface area (Å²) in [5.74, 6) is 0.403. The molecule has 0 amide bonds. The number of esters is 1. The average molecular weight is 372 g/mol. The summed E-state index contributed by atoms with van der Waals surface area (Å²) in [5, 5.41) is 0.542. The van der Waals surface area contributed by atoms with Crippen LogP contribution in [0.1, 0.15) is 80.6 Å². The molecular weight excluding hydrogens is 344 g/mol. The van der Waals surface area contributed by atoms with E-state index in [1.54, 1.807) is 6.92 Å². The molecule has 1 atom stereocenters. The van der Waals surface area contributed by atoms with Crippen LogP contribution >= 0.6 is 0 Å². The lowest BCUT2D eigenvalue weighted by Gasteiger charge is -2.38. The molecule has 1 aromatic carbocycles. The van der Waals surface area contributed by atoms with E-state index in [1.807, 2.05) is 6.92 Å². The molecule has 1 aromatic heterocycles. The van der Waals surface area contributed by atoms with Gasteiger partial charge in [0.2, 0.25) is 5.76 Å². The van der Waals surface area contributed by atoms with Crippen molar-refractivity contribution >= 4 is 16.9 Å². The fourth-order valence-corrected chi connectivity index (χ4v) is 4.28. The molecule has 27 heavy (non-hydrogen) atoms. The fourth-order valence-electron chi connectivity index (χ4n) is 4.28. The van der Waals surface area contributed by atoms with Crippen molar-refractivity contribution in [2.24, 2.45) is 0 Å². The van der Waals surface area contributed by atoms with Crippen LogP contribution in [0.15, 0.2) is 15.3 Å². The van der Waals surface area contributed by atoms with Crippen molar-refractivity contribution in [3.05, 3.63) is 38.7 Å². The minimum absolute atomic E-state index is 0.0610. The molecule has 1 unspecified atom stereocenters. The summed E-state index contributed by atoms with van der Waals surface area (Å²) < 4.78 is 17.3. The van der Waals surface area contributed by atoms with Crippen molar-refractivity contribution in [2.45, 2.75) is 72.3 Å². The van der Waals surface area contributed by atoms with Crippen LogP contribution in [-0.2, 0) is 11.2 Å². The van der Waals surface area contributed by atoms with Crippen LogP contribution in [0.25, 0.3) is 11.0 Å². The van der Waals surface area contributed by atoms with Crippen LogP contribution < -0.4 is 10.2 Å². The minimum Gasteiger partial charge on any atom is -0.487 e. The number of rotatable bonds is 4. The molecule has 146 valence electrons. The topological polar surface area (TPSA) is 65.7 Å².